The van der Waals surface area contributed by atoms with Gasteiger partial charge in [0.1, 0.15) is 0 Å². The number of hydrogen-bond acceptors (Lipinski definition) is 2. The van der Waals surface area contributed by atoms with E-state index in [9.17, 15) is 9.90 Å². The van der Waals surface area contributed by atoms with E-state index in [2.05, 4.69) is 5.10 Å². The molecule has 0 aliphatic rings. The van der Waals surface area contributed by atoms with E-state index in [1.165, 1.54) is 0 Å². The summed E-state index contributed by atoms with van der Waals surface area (Å²) >= 11 is 0. The van der Waals surface area contributed by atoms with Crippen LogP contribution in [0.15, 0.2) is 12.4 Å². The van der Waals surface area contributed by atoms with Gasteiger partial charge in [0.15, 0.2) is 0 Å². The molecule has 0 saturated carbocycles. The highest BCUT2D eigenvalue weighted by Crippen LogP contribution is 2.31. The number of aromatic nitrogens is 2. The minimum absolute atomic E-state index is 0.565. The average Bonchev–Trinajstić information content (AvgIpc) is 2.73. The average molecular weight is 224 g/mol. The maximum atomic E-state index is 11.3. The third-order valence-electron chi connectivity index (χ3n) is 3.36. The van der Waals surface area contributed by atoms with Crippen LogP contribution in [0.2, 0.25) is 0 Å². The Morgan fingerprint density at radius 3 is 2.44 bits per heavy atom. The largest absolute Gasteiger partial charge is 0.481 e. The van der Waals surface area contributed by atoms with Gasteiger partial charge in [-0.2, -0.15) is 5.10 Å². The summed E-state index contributed by atoms with van der Waals surface area (Å²) in [5, 5.41) is 13.5. The summed E-state index contributed by atoms with van der Waals surface area (Å²) < 4.78 is 1.83. The molecule has 0 aliphatic carbocycles. The molecule has 1 rings (SSSR count). The molecule has 0 radical (unpaired) electrons. The summed E-state index contributed by atoms with van der Waals surface area (Å²) in [7, 11) is 0. The number of carboxylic acid groups (broad SMARTS) is 1. The third kappa shape index (κ3) is 2.43. The molecule has 0 saturated heterocycles. The highest BCUT2D eigenvalue weighted by atomic mass is 16.4. The van der Waals surface area contributed by atoms with Gasteiger partial charge in [0.25, 0.3) is 0 Å². The molecule has 0 bridgehead atoms. The van der Waals surface area contributed by atoms with Crippen LogP contribution >= 0.6 is 0 Å². The fraction of sp³-hybridized carbons (Fsp3) is 0.667. The highest BCUT2D eigenvalue weighted by molar-refractivity contribution is 5.74. The minimum Gasteiger partial charge on any atom is -0.481 e. The molecule has 1 N–H and O–H groups in total. The molecule has 16 heavy (non-hydrogen) atoms. The number of nitrogens with zero attached hydrogens (tertiary/aromatic N) is 2. The standard InChI is InChI=1S/C12H20N2O2/c1-4-12(5-2,11(15)16)7-10-8-13-14(6-3)9-10/h8-9H,4-7H2,1-3H3,(H,15,16). The minimum atomic E-state index is -0.707. The van der Waals surface area contributed by atoms with E-state index in [1.807, 2.05) is 31.6 Å². The van der Waals surface area contributed by atoms with Gasteiger partial charge in [-0.25, -0.2) is 0 Å². The fourth-order valence-corrected chi connectivity index (χ4v) is 1.94. The molecular formula is C12H20N2O2. The number of carbonyl (C=O) groups is 1. The first-order chi connectivity index (χ1) is 7.57. The van der Waals surface area contributed by atoms with E-state index in [1.54, 1.807) is 6.20 Å². The molecule has 1 aromatic rings. The Bertz CT molecular complexity index is 354. The lowest BCUT2D eigenvalue weighted by Crippen LogP contribution is -2.31. The van der Waals surface area contributed by atoms with Crippen LogP contribution in [0.25, 0.3) is 0 Å². The molecule has 1 aromatic heterocycles. The lowest BCUT2D eigenvalue weighted by Gasteiger charge is -2.25. The number of hydrogen-bond donors (Lipinski definition) is 1. The summed E-state index contributed by atoms with van der Waals surface area (Å²) in [5.74, 6) is -0.707. The van der Waals surface area contributed by atoms with Gasteiger partial charge in [-0.05, 0) is 31.7 Å². The Balaban J connectivity index is 2.87. The van der Waals surface area contributed by atoms with Crippen molar-refractivity contribution < 1.29 is 9.90 Å². The number of aryl methyl sites for hydroxylation is 1. The molecule has 0 amide bonds. The lowest BCUT2D eigenvalue weighted by molar-refractivity contribution is -0.149. The summed E-state index contributed by atoms with van der Waals surface area (Å²) in [6.45, 7) is 6.70. The van der Waals surface area contributed by atoms with Gasteiger partial charge in [0.2, 0.25) is 0 Å². The highest BCUT2D eigenvalue weighted by Gasteiger charge is 2.35. The molecule has 1 heterocycles. The molecule has 0 atom stereocenters. The first kappa shape index (κ1) is 12.7. The summed E-state index contributed by atoms with van der Waals surface area (Å²) in [5.41, 5.74) is 0.370. The molecular weight excluding hydrogens is 204 g/mol. The monoisotopic (exact) mass is 224 g/mol. The van der Waals surface area contributed by atoms with Gasteiger partial charge >= 0.3 is 5.97 Å². The maximum absolute atomic E-state index is 11.3. The quantitative estimate of drug-likeness (QED) is 0.806. The topological polar surface area (TPSA) is 55.1 Å². The van der Waals surface area contributed by atoms with Crippen molar-refractivity contribution in [3.63, 3.8) is 0 Å². The van der Waals surface area contributed by atoms with Crippen LogP contribution < -0.4 is 0 Å². The van der Waals surface area contributed by atoms with E-state index >= 15 is 0 Å². The van der Waals surface area contributed by atoms with E-state index in [0.717, 1.165) is 12.1 Å². The van der Waals surface area contributed by atoms with Crippen LogP contribution in [0.3, 0.4) is 0 Å². The van der Waals surface area contributed by atoms with Crippen LogP contribution in [0.5, 0.6) is 0 Å². The van der Waals surface area contributed by atoms with Gasteiger partial charge in [0.05, 0.1) is 11.6 Å². The van der Waals surface area contributed by atoms with Gasteiger partial charge in [-0.15, -0.1) is 0 Å². The zero-order chi connectivity index (χ0) is 12.2. The van der Waals surface area contributed by atoms with E-state index in [0.29, 0.717) is 19.3 Å². The van der Waals surface area contributed by atoms with Gasteiger partial charge < -0.3 is 5.11 Å². The van der Waals surface area contributed by atoms with E-state index < -0.39 is 11.4 Å². The summed E-state index contributed by atoms with van der Waals surface area (Å²) in [6, 6.07) is 0. The fourth-order valence-electron chi connectivity index (χ4n) is 1.94. The molecule has 0 spiro atoms. The predicted octanol–water partition coefficient (Wildman–Crippen LogP) is 2.34. The van der Waals surface area contributed by atoms with Crippen molar-refractivity contribution >= 4 is 5.97 Å². The molecule has 0 aromatic carbocycles. The van der Waals surface area contributed by atoms with Crippen molar-refractivity contribution in [1.29, 1.82) is 0 Å². The zero-order valence-electron chi connectivity index (χ0n) is 10.2. The summed E-state index contributed by atoms with van der Waals surface area (Å²) in [6.07, 6.45) is 5.57. The first-order valence-electron chi connectivity index (χ1n) is 5.82. The number of rotatable bonds is 6. The van der Waals surface area contributed by atoms with Crippen LogP contribution in [0.4, 0.5) is 0 Å². The Kier molecular flexibility index (Phi) is 4.10. The zero-order valence-corrected chi connectivity index (χ0v) is 10.2. The normalized spacial score (nSPS) is 11.7. The second-order valence-electron chi connectivity index (χ2n) is 4.17. The van der Waals surface area contributed by atoms with Gasteiger partial charge in [-0.3, -0.25) is 9.48 Å². The lowest BCUT2D eigenvalue weighted by atomic mass is 9.77. The molecule has 90 valence electrons. The Morgan fingerprint density at radius 2 is 2.06 bits per heavy atom. The number of aliphatic carboxylic acids is 1. The van der Waals surface area contributed by atoms with Crippen molar-refractivity contribution in [1.82, 2.24) is 9.78 Å². The van der Waals surface area contributed by atoms with Crippen LogP contribution in [0.1, 0.15) is 39.2 Å². The number of carboxylic acids is 1. The third-order valence-corrected chi connectivity index (χ3v) is 3.36. The second kappa shape index (κ2) is 5.14. The second-order valence-corrected chi connectivity index (χ2v) is 4.17. The van der Waals surface area contributed by atoms with Crippen molar-refractivity contribution in [2.45, 2.75) is 46.6 Å². The van der Waals surface area contributed by atoms with Crippen LogP contribution in [-0.2, 0) is 17.8 Å². The molecule has 0 fully saturated rings. The first-order valence-corrected chi connectivity index (χ1v) is 5.82. The molecule has 0 unspecified atom stereocenters. The van der Waals surface area contributed by atoms with Crippen molar-refractivity contribution in [3.05, 3.63) is 18.0 Å². The Labute approximate surface area is 96.3 Å². The van der Waals surface area contributed by atoms with Crippen molar-refractivity contribution in [2.75, 3.05) is 0 Å². The van der Waals surface area contributed by atoms with Crippen LogP contribution in [0, 0.1) is 5.41 Å². The smallest absolute Gasteiger partial charge is 0.309 e. The van der Waals surface area contributed by atoms with E-state index in [4.69, 9.17) is 0 Å². The van der Waals surface area contributed by atoms with E-state index in [-0.39, 0.29) is 0 Å². The maximum Gasteiger partial charge on any atom is 0.309 e. The predicted molar refractivity (Wildman–Crippen MR) is 62.3 cm³/mol. The Morgan fingerprint density at radius 1 is 1.44 bits per heavy atom. The Hall–Kier alpha value is -1.32. The molecule has 4 heteroatoms. The van der Waals surface area contributed by atoms with Crippen LogP contribution in [-0.4, -0.2) is 20.9 Å². The molecule has 4 nitrogen and oxygen atoms in total. The van der Waals surface area contributed by atoms with Gasteiger partial charge in [-0.1, -0.05) is 13.8 Å². The molecule has 0 aliphatic heterocycles. The van der Waals surface area contributed by atoms with Gasteiger partial charge in [0, 0.05) is 12.7 Å². The SMILES string of the molecule is CCn1cc(CC(CC)(CC)C(=O)O)cn1. The van der Waals surface area contributed by atoms with Crippen molar-refractivity contribution in [3.8, 4) is 0 Å². The van der Waals surface area contributed by atoms with Crippen molar-refractivity contribution in [2.24, 2.45) is 5.41 Å². The summed E-state index contributed by atoms with van der Waals surface area (Å²) in [4.78, 5) is 11.3.